The average Bonchev–Trinajstić information content (AvgIpc) is 3.35. The van der Waals surface area contributed by atoms with Gasteiger partial charge in [0.15, 0.2) is 0 Å². The quantitative estimate of drug-likeness (QED) is 0.379. The summed E-state index contributed by atoms with van der Waals surface area (Å²) in [5.74, 6) is 0.147. The molecule has 0 radical (unpaired) electrons. The second-order valence-corrected chi connectivity index (χ2v) is 8.22. The minimum Gasteiger partial charge on any atom is -0.488 e. The molecule has 4 rings (SSSR count). The number of benzene rings is 3. The van der Waals surface area contributed by atoms with Crippen LogP contribution in [0.5, 0.6) is 5.75 Å². The topological polar surface area (TPSA) is 53.9 Å². The summed E-state index contributed by atoms with van der Waals surface area (Å²) in [6.07, 6.45) is 4.17. The van der Waals surface area contributed by atoms with Crippen molar-refractivity contribution in [2.24, 2.45) is 5.10 Å². The number of hydrogen-bond donors (Lipinski definition) is 1. The maximum Gasteiger partial charge on any atom is 0.275 e. The fourth-order valence-electron chi connectivity index (χ4n) is 3.75. The van der Waals surface area contributed by atoms with Crippen molar-refractivity contribution in [1.82, 2.24) is 5.43 Å². The highest BCUT2D eigenvalue weighted by Gasteiger charge is 2.14. The van der Waals surface area contributed by atoms with Crippen molar-refractivity contribution >= 4 is 29.4 Å². The summed E-state index contributed by atoms with van der Waals surface area (Å²) in [6.45, 7) is 4.55. The SMILES string of the molecule is Cc1cc(N2CCCC2)ccc1/C=N/NC(=O)c1ccccc1OCc1ccccc1Cl. The predicted molar refractivity (Wildman–Crippen MR) is 130 cm³/mol. The Morgan fingerprint density at radius 3 is 2.62 bits per heavy atom. The molecule has 0 aromatic heterocycles. The Bertz CT molecular complexity index is 1120. The van der Waals surface area contributed by atoms with Crippen LogP contribution in [0.3, 0.4) is 0 Å². The first kappa shape index (κ1) is 21.9. The minimum atomic E-state index is -0.331. The maximum absolute atomic E-state index is 12.7. The summed E-state index contributed by atoms with van der Waals surface area (Å²) in [5.41, 5.74) is 7.21. The fourth-order valence-corrected chi connectivity index (χ4v) is 3.94. The molecule has 1 aliphatic rings. The van der Waals surface area contributed by atoms with Gasteiger partial charge in [0.1, 0.15) is 12.4 Å². The highest BCUT2D eigenvalue weighted by molar-refractivity contribution is 6.31. The minimum absolute atomic E-state index is 0.274. The molecule has 1 N–H and O–H groups in total. The average molecular weight is 448 g/mol. The molecule has 0 spiro atoms. The molecule has 164 valence electrons. The van der Waals surface area contributed by atoms with Crippen molar-refractivity contribution in [3.8, 4) is 5.75 Å². The first-order valence-corrected chi connectivity index (χ1v) is 11.1. The van der Waals surface area contributed by atoms with E-state index in [1.54, 1.807) is 24.4 Å². The van der Waals surface area contributed by atoms with Gasteiger partial charge >= 0.3 is 0 Å². The zero-order valence-electron chi connectivity index (χ0n) is 18.1. The van der Waals surface area contributed by atoms with Crippen molar-refractivity contribution < 1.29 is 9.53 Å². The van der Waals surface area contributed by atoms with E-state index in [1.165, 1.54) is 18.5 Å². The van der Waals surface area contributed by atoms with Gasteiger partial charge < -0.3 is 9.64 Å². The van der Waals surface area contributed by atoms with Crippen LogP contribution in [-0.2, 0) is 6.61 Å². The molecule has 1 aliphatic heterocycles. The number of halogens is 1. The van der Waals surface area contributed by atoms with E-state index in [1.807, 2.05) is 36.4 Å². The largest absolute Gasteiger partial charge is 0.488 e. The van der Waals surface area contributed by atoms with Crippen LogP contribution in [-0.4, -0.2) is 25.2 Å². The number of aryl methyl sites for hydroxylation is 1. The lowest BCUT2D eigenvalue weighted by molar-refractivity contribution is 0.0950. The van der Waals surface area contributed by atoms with Gasteiger partial charge in [0, 0.05) is 29.4 Å². The molecule has 32 heavy (non-hydrogen) atoms. The molecular weight excluding hydrogens is 422 g/mol. The van der Waals surface area contributed by atoms with Gasteiger partial charge in [0.25, 0.3) is 5.91 Å². The summed E-state index contributed by atoms with van der Waals surface area (Å²) in [7, 11) is 0. The number of nitrogens with zero attached hydrogens (tertiary/aromatic N) is 2. The molecule has 0 saturated carbocycles. The summed E-state index contributed by atoms with van der Waals surface area (Å²) in [4.78, 5) is 15.1. The second-order valence-electron chi connectivity index (χ2n) is 7.81. The first-order valence-electron chi connectivity index (χ1n) is 10.8. The Hall–Kier alpha value is -3.31. The van der Waals surface area contributed by atoms with E-state index < -0.39 is 0 Å². The van der Waals surface area contributed by atoms with Crippen molar-refractivity contribution in [3.63, 3.8) is 0 Å². The fraction of sp³-hybridized carbons (Fsp3) is 0.231. The number of hydrazone groups is 1. The second kappa shape index (κ2) is 10.3. The van der Waals surface area contributed by atoms with Crippen LogP contribution in [0.25, 0.3) is 0 Å². The third kappa shape index (κ3) is 5.29. The molecule has 1 fully saturated rings. The Balaban J connectivity index is 1.40. The van der Waals surface area contributed by atoms with Gasteiger partial charge in [-0.3, -0.25) is 4.79 Å². The van der Waals surface area contributed by atoms with Crippen LogP contribution in [0.15, 0.2) is 71.8 Å². The van der Waals surface area contributed by atoms with Crippen LogP contribution < -0.4 is 15.1 Å². The number of nitrogens with one attached hydrogen (secondary N) is 1. The normalized spacial score (nSPS) is 13.5. The molecule has 0 aliphatic carbocycles. The zero-order valence-corrected chi connectivity index (χ0v) is 18.8. The highest BCUT2D eigenvalue weighted by atomic mass is 35.5. The number of hydrogen-bond acceptors (Lipinski definition) is 4. The monoisotopic (exact) mass is 447 g/mol. The van der Waals surface area contributed by atoms with E-state index in [0.29, 0.717) is 16.3 Å². The molecule has 5 nitrogen and oxygen atoms in total. The molecular formula is C26H26ClN3O2. The van der Waals surface area contributed by atoms with Crippen molar-refractivity contribution in [2.75, 3.05) is 18.0 Å². The Labute approximate surface area is 193 Å². The lowest BCUT2D eigenvalue weighted by Crippen LogP contribution is -2.19. The van der Waals surface area contributed by atoms with Crippen LogP contribution in [0.1, 0.15) is 39.9 Å². The van der Waals surface area contributed by atoms with Gasteiger partial charge in [0.05, 0.1) is 11.8 Å². The lowest BCUT2D eigenvalue weighted by Gasteiger charge is -2.18. The summed E-state index contributed by atoms with van der Waals surface area (Å²) in [5, 5.41) is 4.79. The van der Waals surface area contributed by atoms with Crippen molar-refractivity contribution in [3.05, 3.63) is 94.0 Å². The standard InChI is InChI=1S/C26H26ClN3O2/c1-19-16-22(30-14-6-7-15-30)13-12-20(19)17-28-29-26(31)23-9-3-5-11-25(23)32-18-21-8-2-4-10-24(21)27/h2-5,8-13,16-17H,6-7,14-15,18H2,1H3,(H,29,31)/b28-17+. The summed E-state index contributed by atoms with van der Waals surface area (Å²) >= 11 is 6.20. The van der Waals surface area contributed by atoms with Crippen molar-refractivity contribution in [1.29, 1.82) is 0 Å². The Morgan fingerprint density at radius 1 is 1.09 bits per heavy atom. The van der Waals surface area contributed by atoms with Gasteiger partial charge in [-0.05, 0) is 61.2 Å². The van der Waals surface area contributed by atoms with Crippen LogP contribution in [0.4, 0.5) is 5.69 Å². The molecule has 3 aromatic carbocycles. The molecule has 0 atom stereocenters. The summed E-state index contributed by atoms with van der Waals surface area (Å²) in [6, 6.07) is 20.9. The van der Waals surface area contributed by atoms with Crippen LogP contribution >= 0.6 is 11.6 Å². The predicted octanol–water partition coefficient (Wildman–Crippen LogP) is 5.59. The number of rotatable bonds is 7. The van der Waals surface area contributed by atoms with E-state index in [2.05, 4.69) is 34.5 Å². The molecule has 3 aromatic rings. The van der Waals surface area contributed by atoms with Gasteiger partial charge in [-0.2, -0.15) is 5.10 Å². The van der Waals surface area contributed by atoms with Crippen molar-refractivity contribution in [2.45, 2.75) is 26.4 Å². The number of carbonyl (C=O) groups is 1. The molecule has 6 heteroatoms. The molecule has 1 saturated heterocycles. The van der Waals surface area contributed by atoms with Gasteiger partial charge in [0.2, 0.25) is 0 Å². The van der Waals surface area contributed by atoms with E-state index in [9.17, 15) is 4.79 Å². The number of carbonyl (C=O) groups excluding carboxylic acids is 1. The molecule has 0 bridgehead atoms. The van der Waals surface area contributed by atoms with E-state index in [0.717, 1.165) is 29.8 Å². The number of anilines is 1. The number of ether oxygens (including phenoxy) is 1. The third-order valence-corrected chi connectivity index (χ3v) is 5.94. The molecule has 0 unspecified atom stereocenters. The van der Waals surface area contributed by atoms with E-state index >= 15 is 0 Å². The van der Waals surface area contributed by atoms with Gasteiger partial charge in [-0.1, -0.05) is 48.0 Å². The van der Waals surface area contributed by atoms with Gasteiger partial charge in [-0.25, -0.2) is 5.43 Å². The van der Waals surface area contributed by atoms with Crippen LogP contribution in [0, 0.1) is 6.92 Å². The van der Waals surface area contributed by atoms with Crippen LogP contribution in [0.2, 0.25) is 5.02 Å². The number of amides is 1. The third-order valence-electron chi connectivity index (χ3n) is 5.57. The summed E-state index contributed by atoms with van der Waals surface area (Å²) < 4.78 is 5.87. The smallest absolute Gasteiger partial charge is 0.275 e. The maximum atomic E-state index is 12.7. The lowest BCUT2D eigenvalue weighted by atomic mass is 10.1. The zero-order chi connectivity index (χ0) is 22.3. The van der Waals surface area contributed by atoms with E-state index in [-0.39, 0.29) is 12.5 Å². The van der Waals surface area contributed by atoms with Gasteiger partial charge in [-0.15, -0.1) is 0 Å². The molecule has 1 heterocycles. The Kier molecular flexibility index (Phi) is 7.07. The van der Waals surface area contributed by atoms with E-state index in [4.69, 9.17) is 16.3 Å². The first-order chi connectivity index (χ1) is 15.6. The number of para-hydroxylation sites is 1. The molecule has 1 amide bonds. The Morgan fingerprint density at radius 2 is 1.84 bits per heavy atom. The highest BCUT2D eigenvalue weighted by Crippen LogP contribution is 2.23.